The summed E-state index contributed by atoms with van der Waals surface area (Å²) in [5, 5.41) is 5.39. The number of carbonyl (C=O) groups excluding carboxylic acids is 6. The maximum Gasteiger partial charge on any atom is 0.339 e. The van der Waals surface area contributed by atoms with Crippen LogP contribution >= 0.6 is 0 Å². The maximum atomic E-state index is 13.4. The van der Waals surface area contributed by atoms with Crippen LogP contribution < -0.4 is 10.6 Å². The molecule has 0 aliphatic heterocycles. The molecule has 2 atom stereocenters. The molecule has 0 spiro atoms. The second-order valence-electron chi connectivity index (χ2n) is 9.65. The van der Waals surface area contributed by atoms with Gasteiger partial charge in [-0.1, -0.05) is 0 Å². The molecule has 2 N–H and O–H groups in total. The highest BCUT2D eigenvalue weighted by molar-refractivity contribution is 6.07. The minimum atomic E-state index is -1.58. The van der Waals surface area contributed by atoms with Crippen LogP contribution in [0.3, 0.4) is 0 Å². The molecule has 2 aliphatic carbocycles. The molecule has 0 heterocycles. The first kappa shape index (κ1) is 29.6. The predicted octanol–water partition coefficient (Wildman–Crippen LogP) is 0.723. The summed E-state index contributed by atoms with van der Waals surface area (Å²) in [6.07, 6.45) is -0.154. The fraction of sp³-hybridized carbons (Fsp3) is 0.556. The van der Waals surface area contributed by atoms with Gasteiger partial charge in [0.2, 0.25) is 11.8 Å². The van der Waals surface area contributed by atoms with Crippen LogP contribution in [0.5, 0.6) is 0 Å². The van der Waals surface area contributed by atoms with Gasteiger partial charge in [-0.3, -0.25) is 9.59 Å². The molecule has 0 radical (unpaired) electrons. The monoisotopic (exact) mass is 546 g/mol. The average molecular weight is 547 g/mol. The number of fused-ring (bicyclic) bond motifs is 3. The standard InChI is InChI=1S/C27H34N2O10/c1-7-38-22(32)20-16-9-10-26(24(34)36-5,28-14(3)30)11-17(16)18-12-27(25(35)37-6,29-15(4)31)13-19(18)21(20)23(33)39-8-2/h7-13H2,1-6H3,(H,28,30)(H,29,31)/t26-,27+/m1/s1. The lowest BCUT2D eigenvalue weighted by Crippen LogP contribution is -2.58. The molecule has 1 aromatic rings. The zero-order valence-electron chi connectivity index (χ0n) is 23.0. The molecule has 212 valence electrons. The third-order valence-electron chi connectivity index (χ3n) is 7.13. The third kappa shape index (κ3) is 5.32. The smallest absolute Gasteiger partial charge is 0.339 e. The highest BCUT2D eigenvalue weighted by atomic mass is 16.5. The van der Waals surface area contributed by atoms with E-state index in [-0.39, 0.29) is 56.4 Å². The molecule has 0 unspecified atom stereocenters. The summed E-state index contributed by atoms with van der Waals surface area (Å²) in [6, 6.07) is 0. The van der Waals surface area contributed by atoms with Crippen LogP contribution in [-0.4, -0.2) is 74.2 Å². The van der Waals surface area contributed by atoms with Crippen LogP contribution in [-0.2, 0) is 63.8 Å². The van der Waals surface area contributed by atoms with Crippen molar-refractivity contribution >= 4 is 35.7 Å². The largest absolute Gasteiger partial charge is 0.467 e. The van der Waals surface area contributed by atoms with Crippen LogP contribution in [0, 0.1) is 0 Å². The van der Waals surface area contributed by atoms with Gasteiger partial charge in [-0.05, 0) is 48.9 Å². The first-order valence-electron chi connectivity index (χ1n) is 12.7. The van der Waals surface area contributed by atoms with Crippen molar-refractivity contribution in [2.45, 2.75) is 70.9 Å². The Balaban J connectivity index is 2.41. The van der Waals surface area contributed by atoms with E-state index in [0.29, 0.717) is 22.3 Å². The van der Waals surface area contributed by atoms with Crippen molar-refractivity contribution < 1.29 is 47.7 Å². The van der Waals surface area contributed by atoms with Crippen LogP contribution in [0.4, 0.5) is 0 Å². The molecule has 12 nitrogen and oxygen atoms in total. The molecule has 1 aromatic carbocycles. The summed E-state index contributed by atoms with van der Waals surface area (Å²) in [7, 11) is 2.39. The molecule has 0 bridgehead atoms. The van der Waals surface area contributed by atoms with Crippen molar-refractivity contribution in [3.63, 3.8) is 0 Å². The molecular weight excluding hydrogens is 512 g/mol. The van der Waals surface area contributed by atoms with Gasteiger partial charge in [0.05, 0.1) is 38.6 Å². The van der Waals surface area contributed by atoms with Gasteiger partial charge in [-0.15, -0.1) is 0 Å². The van der Waals surface area contributed by atoms with Crippen LogP contribution in [0.2, 0.25) is 0 Å². The van der Waals surface area contributed by atoms with E-state index in [1.807, 2.05) is 0 Å². The van der Waals surface area contributed by atoms with Gasteiger partial charge in [0.25, 0.3) is 0 Å². The zero-order valence-corrected chi connectivity index (χ0v) is 23.0. The molecule has 0 saturated carbocycles. The Hall–Kier alpha value is -3.96. The van der Waals surface area contributed by atoms with Crippen LogP contribution in [0.1, 0.15) is 77.1 Å². The van der Waals surface area contributed by atoms with E-state index < -0.39 is 46.8 Å². The Morgan fingerprint density at radius 2 is 1.08 bits per heavy atom. The maximum absolute atomic E-state index is 13.4. The molecule has 2 aliphatic rings. The van der Waals surface area contributed by atoms with Crippen molar-refractivity contribution in [2.75, 3.05) is 27.4 Å². The van der Waals surface area contributed by atoms with Gasteiger partial charge < -0.3 is 29.6 Å². The first-order valence-corrected chi connectivity index (χ1v) is 12.7. The Morgan fingerprint density at radius 1 is 0.667 bits per heavy atom. The van der Waals surface area contributed by atoms with E-state index in [2.05, 4.69) is 10.6 Å². The Bertz CT molecular complexity index is 1240. The number of amides is 2. The van der Waals surface area contributed by atoms with Gasteiger partial charge in [0.15, 0.2) is 0 Å². The average Bonchev–Trinajstić information content (AvgIpc) is 3.26. The summed E-state index contributed by atoms with van der Waals surface area (Å²) in [5.74, 6) is -3.94. The van der Waals surface area contributed by atoms with E-state index >= 15 is 0 Å². The molecular formula is C27H34N2O10. The van der Waals surface area contributed by atoms with Gasteiger partial charge in [0.1, 0.15) is 11.1 Å². The van der Waals surface area contributed by atoms with Crippen molar-refractivity contribution in [1.29, 1.82) is 0 Å². The second kappa shape index (κ2) is 11.4. The van der Waals surface area contributed by atoms with Gasteiger partial charge in [0, 0.05) is 33.1 Å². The van der Waals surface area contributed by atoms with E-state index in [9.17, 15) is 28.8 Å². The number of methoxy groups -OCH3 is 2. The molecule has 0 saturated heterocycles. The molecule has 2 amide bonds. The highest BCUT2D eigenvalue weighted by Crippen LogP contribution is 2.44. The third-order valence-corrected chi connectivity index (χ3v) is 7.13. The first-order chi connectivity index (χ1) is 18.4. The molecule has 39 heavy (non-hydrogen) atoms. The number of ether oxygens (including phenoxy) is 4. The minimum absolute atomic E-state index is 0.0196. The Labute approximate surface area is 226 Å². The lowest BCUT2D eigenvalue weighted by molar-refractivity contribution is -0.151. The van der Waals surface area contributed by atoms with Crippen molar-refractivity contribution in [3.05, 3.63) is 33.4 Å². The lowest BCUT2D eigenvalue weighted by atomic mass is 9.72. The molecule has 3 rings (SSSR count). The van der Waals surface area contributed by atoms with Crippen molar-refractivity contribution in [1.82, 2.24) is 10.6 Å². The second-order valence-corrected chi connectivity index (χ2v) is 9.65. The quantitative estimate of drug-likeness (QED) is 0.351. The Morgan fingerprint density at radius 3 is 1.56 bits per heavy atom. The van der Waals surface area contributed by atoms with E-state index in [0.717, 1.165) is 0 Å². The normalized spacial score (nSPS) is 21.1. The fourth-order valence-electron chi connectivity index (χ4n) is 5.80. The minimum Gasteiger partial charge on any atom is -0.467 e. The van der Waals surface area contributed by atoms with E-state index in [1.54, 1.807) is 13.8 Å². The molecule has 0 fully saturated rings. The van der Waals surface area contributed by atoms with Crippen molar-refractivity contribution in [3.8, 4) is 0 Å². The predicted molar refractivity (Wildman–Crippen MR) is 135 cm³/mol. The summed E-state index contributed by atoms with van der Waals surface area (Å²) in [5.41, 5.74) is -1.38. The van der Waals surface area contributed by atoms with Gasteiger partial charge in [-0.2, -0.15) is 0 Å². The van der Waals surface area contributed by atoms with Crippen LogP contribution in [0.15, 0.2) is 0 Å². The number of benzene rings is 1. The zero-order chi connectivity index (χ0) is 29.1. The summed E-state index contributed by atoms with van der Waals surface area (Å²) in [6.45, 7) is 5.82. The number of esters is 4. The number of hydrogen-bond acceptors (Lipinski definition) is 10. The number of nitrogens with one attached hydrogen (secondary N) is 2. The fourth-order valence-corrected chi connectivity index (χ4v) is 5.80. The highest BCUT2D eigenvalue weighted by Gasteiger charge is 2.52. The van der Waals surface area contributed by atoms with Crippen LogP contribution in [0.25, 0.3) is 0 Å². The number of rotatable bonds is 8. The van der Waals surface area contributed by atoms with Crippen molar-refractivity contribution in [2.24, 2.45) is 0 Å². The number of hydrogen-bond donors (Lipinski definition) is 2. The van der Waals surface area contributed by atoms with E-state index in [1.165, 1.54) is 28.1 Å². The van der Waals surface area contributed by atoms with Gasteiger partial charge in [-0.25, -0.2) is 19.2 Å². The van der Waals surface area contributed by atoms with E-state index in [4.69, 9.17) is 18.9 Å². The summed E-state index contributed by atoms with van der Waals surface area (Å²) < 4.78 is 20.7. The van der Waals surface area contributed by atoms with Gasteiger partial charge >= 0.3 is 23.9 Å². The summed E-state index contributed by atoms with van der Waals surface area (Å²) >= 11 is 0. The number of carbonyl (C=O) groups is 6. The lowest BCUT2D eigenvalue weighted by Gasteiger charge is -2.38. The SMILES string of the molecule is CCOC(=O)c1c2c(c3c(c1C(=O)OCC)C[C@](NC(C)=O)(C(=O)OC)C3)C[C@@](NC(C)=O)(C(=O)OC)CC2. The Kier molecular flexibility index (Phi) is 8.67. The summed E-state index contributed by atoms with van der Waals surface area (Å²) in [4.78, 5) is 77.2. The topological polar surface area (TPSA) is 163 Å². The molecule has 12 heteroatoms. The molecule has 0 aromatic heterocycles.